The molecule has 1 saturated carbocycles. The summed E-state index contributed by atoms with van der Waals surface area (Å²) < 4.78 is 13.0. The lowest BCUT2D eigenvalue weighted by molar-refractivity contribution is -0.121. The molecule has 1 fully saturated rings. The quantitative estimate of drug-likeness (QED) is 0.826. The molecule has 2 atom stereocenters. The fourth-order valence-electron chi connectivity index (χ4n) is 3.65. The van der Waals surface area contributed by atoms with Gasteiger partial charge in [0.15, 0.2) is 0 Å². The number of aromatic carboxylic acids is 1. The highest BCUT2D eigenvalue weighted by atomic mass is 19.1. The molecule has 0 radical (unpaired) electrons. The zero-order valence-electron chi connectivity index (χ0n) is 14.5. The summed E-state index contributed by atoms with van der Waals surface area (Å²) in [5.41, 5.74) is 2.03. The molecule has 1 amide bonds. The monoisotopic (exact) mass is 355 g/mol. The number of benzene rings is 2. The first kappa shape index (κ1) is 18.1. The van der Waals surface area contributed by atoms with E-state index in [9.17, 15) is 19.1 Å². The second kappa shape index (κ2) is 8.13. The SMILES string of the molecule is O=C(CCc1ccccc1C(=O)O)NC1CCC(c2ccc(F)cc2)C1. The first-order valence-corrected chi connectivity index (χ1v) is 8.89. The summed E-state index contributed by atoms with van der Waals surface area (Å²) in [6.07, 6.45) is 3.39. The highest BCUT2D eigenvalue weighted by Crippen LogP contribution is 2.34. The van der Waals surface area contributed by atoms with E-state index >= 15 is 0 Å². The van der Waals surface area contributed by atoms with Gasteiger partial charge in [0.25, 0.3) is 0 Å². The first-order chi connectivity index (χ1) is 12.5. The molecule has 0 aromatic heterocycles. The van der Waals surface area contributed by atoms with Crippen molar-refractivity contribution in [1.82, 2.24) is 5.32 Å². The Morgan fingerprint density at radius 3 is 2.54 bits per heavy atom. The average molecular weight is 355 g/mol. The summed E-state index contributed by atoms with van der Waals surface area (Å²) in [7, 11) is 0. The van der Waals surface area contributed by atoms with Crippen LogP contribution in [0, 0.1) is 5.82 Å². The molecule has 2 unspecified atom stereocenters. The van der Waals surface area contributed by atoms with Gasteiger partial charge in [-0.25, -0.2) is 9.18 Å². The van der Waals surface area contributed by atoms with E-state index in [-0.39, 0.29) is 29.8 Å². The van der Waals surface area contributed by atoms with Gasteiger partial charge in [0.2, 0.25) is 5.91 Å². The average Bonchev–Trinajstić information content (AvgIpc) is 3.09. The molecule has 4 nitrogen and oxygen atoms in total. The molecule has 0 aliphatic heterocycles. The van der Waals surface area contributed by atoms with Crippen LogP contribution in [0.3, 0.4) is 0 Å². The van der Waals surface area contributed by atoms with Gasteiger partial charge < -0.3 is 10.4 Å². The Hall–Kier alpha value is -2.69. The number of rotatable bonds is 6. The van der Waals surface area contributed by atoms with Crippen LogP contribution in [0.2, 0.25) is 0 Å². The van der Waals surface area contributed by atoms with Crippen LogP contribution in [0.5, 0.6) is 0 Å². The molecule has 0 spiro atoms. The van der Waals surface area contributed by atoms with Crippen molar-refractivity contribution in [3.8, 4) is 0 Å². The van der Waals surface area contributed by atoms with Gasteiger partial charge in [-0.2, -0.15) is 0 Å². The van der Waals surface area contributed by atoms with Gasteiger partial charge >= 0.3 is 5.97 Å². The van der Waals surface area contributed by atoms with Gasteiger partial charge in [0.1, 0.15) is 5.82 Å². The van der Waals surface area contributed by atoms with E-state index in [0.29, 0.717) is 17.9 Å². The summed E-state index contributed by atoms with van der Waals surface area (Å²) in [4.78, 5) is 23.4. The summed E-state index contributed by atoms with van der Waals surface area (Å²) in [6, 6.07) is 13.5. The number of nitrogens with one attached hydrogen (secondary N) is 1. The Labute approximate surface area is 152 Å². The third-order valence-electron chi connectivity index (χ3n) is 5.01. The fourth-order valence-corrected chi connectivity index (χ4v) is 3.65. The molecule has 2 aromatic carbocycles. The minimum Gasteiger partial charge on any atom is -0.478 e. The van der Waals surface area contributed by atoms with Gasteiger partial charge in [-0.15, -0.1) is 0 Å². The predicted molar refractivity (Wildman–Crippen MR) is 96.6 cm³/mol. The largest absolute Gasteiger partial charge is 0.478 e. The molecule has 1 aliphatic carbocycles. The molecule has 3 rings (SSSR count). The normalized spacial score (nSPS) is 19.3. The Morgan fingerprint density at radius 1 is 1.08 bits per heavy atom. The molecule has 0 heterocycles. The third-order valence-corrected chi connectivity index (χ3v) is 5.01. The van der Waals surface area contributed by atoms with E-state index < -0.39 is 5.97 Å². The van der Waals surface area contributed by atoms with Crippen LogP contribution in [0.1, 0.15) is 53.1 Å². The summed E-state index contributed by atoms with van der Waals surface area (Å²) >= 11 is 0. The van der Waals surface area contributed by atoms with Crippen LogP contribution in [0.4, 0.5) is 4.39 Å². The molecular weight excluding hydrogens is 333 g/mol. The summed E-state index contributed by atoms with van der Waals surface area (Å²) in [5.74, 6) is -0.930. The van der Waals surface area contributed by atoms with E-state index in [4.69, 9.17) is 0 Å². The molecule has 2 aromatic rings. The zero-order valence-corrected chi connectivity index (χ0v) is 14.5. The summed E-state index contributed by atoms with van der Waals surface area (Å²) in [6.45, 7) is 0. The predicted octanol–water partition coefficient (Wildman–Crippen LogP) is 3.91. The van der Waals surface area contributed by atoms with Crippen molar-refractivity contribution in [3.63, 3.8) is 0 Å². The van der Waals surface area contributed by atoms with Crippen molar-refractivity contribution in [2.24, 2.45) is 0 Å². The van der Waals surface area contributed by atoms with Gasteiger partial charge in [-0.3, -0.25) is 4.79 Å². The lowest BCUT2D eigenvalue weighted by Gasteiger charge is -2.14. The van der Waals surface area contributed by atoms with Crippen LogP contribution < -0.4 is 5.32 Å². The van der Waals surface area contributed by atoms with Crippen LogP contribution in [0.15, 0.2) is 48.5 Å². The molecule has 0 saturated heterocycles. The van der Waals surface area contributed by atoms with E-state index in [2.05, 4.69) is 5.32 Å². The van der Waals surface area contributed by atoms with E-state index in [1.165, 1.54) is 12.1 Å². The molecule has 1 aliphatic rings. The van der Waals surface area contributed by atoms with Crippen molar-refractivity contribution in [1.29, 1.82) is 0 Å². The number of carboxylic acids is 1. The van der Waals surface area contributed by atoms with Gasteiger partial charge in [0, 0.05) is 12.5 Å². The summed E-state index contributed by atoms with van der Waals surface area (Å²) in [5, 5.41) is 12.2. The number of hydrogen-bond donors (Lipinski definition) is 2. The first-order valence-electron chi connectivity index (χ1n) is 8.89. The zero-order chi connectivity index (χ0) is 18.5. The second-order valence-electron chi connectivity index (χ2n) is 6.79. The number of carboxylic acid groups (broad SMARTS) is 1. The van der Waals surface area contributed by atoms with E-state index in [1.807, 2.05) is 12.1 Å². The highest BCUT2D eigenvalue weighted by molar-refractivity contribution is 5.89. The molecule has 0 bridgehead atoms. The van der Waals surface area contributed by atoms with Crippen LogP contribution in [-0.4, -0.2) is 23.0 Å². The molecule has 136 valence electrons. The van der Waals surface area contributed by atoms with Crippen molar-refractivity contribution < 1.29 is 19.1 Å². The maximum atomic E-state index is 13.0. The lowest BCUT2D eigenvalue weighted by Crippen LogP contribution is -2.33. The number of carbonyl (C=O) groups excluding carboxylic acids is 1. The fraction of sp³-hybridized carbons (Fsp3) is 0.333. The number of carbonyl (C=O) groups is 2. The smallest absolute Gasteiger partial charge is 0.335 e. The maximum absolute atomic E-state index is 13.0. The topological polar surface area (TPSA) is 66.4 Å². The van der Waals surface area contributed by atoms with Crippen molar-refractivity contribution >= 4 is 11.9 Å². The second-order valence-corrected chi connectivity index (χ2v) is 6.79. The minimum absolute atomic E-state index is 0.0602. The standard InChI is InChI=1S/C21H22FNO3/c22-17-9-5-14(6-10-17)16-7-11-18(13-16)23-20(24)12-8-15-3-1-2-4-19(15)21(25)26/h1-6,9-10,16,18H,7-8,11-13H2,(H,23,24)(H,25,26). The Bertz CT molecular complexity index is 788. The molecule has 5 heteroatoms. The molecular formula is C21H22FNO3. The van der Waals surface area contributed by atoms with E-state index in [0.717, 1.165) is 24.8 Å². The van der Waals surface area contributed by atoms with Gasteiger partial charge in [-0.1, -0.05) is 30.3 Å². The Morgan fingerprint density at radius 2 is 1.81 bits per heavy atom. The molecule has 26 heavy (non-hydrogen) atoms. The minimum atomic E-state index is -0.973. The van der Waals surface area contributed by atoms with Crippen LogP contribution in [0.25, 0.3) is 0 Å². The van der Waals surface area contributed by atoms with Crippen molar-refractivity contribution in [2.75, 3.05) is 0 Å². The van der Waals surface area contributed by atoms with E-state index in [1.54, 1.807) is 24.3 Å². The van der Waals surface area contributed by atoms with Crippen molar-refractivity contribution in [2.45, 2.75) is 44.1 Å². The molecule has 2 N–H and O–H groups in total. The number of halogens is 1. The number of amides is 1. The van der Waals surface area contributed by atoms with Gasteiger partial charge in [-0.05, 0) is 60.9 Å². The maximum Gasteiger partial charge on any atom is 0.335 e. The van der Waals surface area contributed by atoms with Gasteiger partial charge in [0.05, 0.1) is 5.56 Å². The number of aryl methyl sites for hydroxylation is 1. The Balaban J connectivity index is 1.50. The number of hydrogen-bond acceptors (Lipinski definition) is 2. The Kier molecular flexibility index (Phi) is 5.66. The third kappa shape index (κ3) is 4.48. The van der Waals surface area contributed by atoms with Crippen LogP contribution in [-0.2, 0) is 11.2 Å². The highest BCUT2D eigenvalue weighted by Gasteiger charge is 2.27. The lowest BCUT2D eigenvalue weighted by atomic mass is 9.97. The van der Waals surface area contributed by atoms with Crippen LogP contribution >= 0.6 is 0 Å². The van der Waals surface area contributed by atoms with Crippen molar-refractivity contribution in [3.05, 3.63) is 71.0 Å².